The molecule has 0 spiro atoms. The van der Waals surface area contributed by atoms with Crippen molar-refractivity contribution in [1.29, 1.82) is 0 Å². The van der Waals surface area contributed by atoms with Gasteiger partial charge in [0.2, 0.25) is 5.95 Å². The minimum absolute atomic E-state index is 0.0376. The van der Waals surface area contributed by atoms with Crippen LogP contribution in [-0.4, -0.2) is 16.1 Å². The topological polar surface area (TPSA) is 50.2 Å². The molecule has 0 radical (unpaired) electrons. The summed E-state index contributed by atoms with van der Waals surface area (Å²) >= 11 is 0. The average Bonchev–Trinajstić information content (AvgIpc) is 2.29. The summed E-state index contributed by atoms with van der Waals surface area (Å²) in [6, 6.07) is 7.48. The molecular formula is C12H7F2NO2. The van der Waals surface area contributed by atoms with Crippen LogP contribution in [0.25, 0.3) is 11.3 Å². The van der Waals surface area contributed by atoms with Gasteiger partial charge in [-0.05, 0) is 24.3 Å². The van der Waals surface area contributed by atoms with Gasteiger partial charge in [-0.15, -0.1) is 0 Å². The van der Waals surface area contributed by atoms with Crippen LogP contribution < -0.4 is 0 Å². The highest BCUT2D eigenvalue weighted by atomic mass is 19.1. The largest absolute Gasteiger partial charge is 0.478 e. The lowest BCUT2D eigenvalue weighted by molar-refractivity contribution is 0.0697. The number of carboxylic acids is 1. The second-order valence-corrected chi connectivity index (χ2v) is 3.32. The lowest BCUT2D eigenvalue weighted by Crippen LogP contribution is -2.03. The van der Waals surface area contributed by atoms with E-state index in [0.717, 1.165) is 18.2 Å². The third-order valence-electron chi connectivity index (χ3n) is 2.22. The van der Waals surface area contributed by atoms with Gasteiger partial charge in [-0.3, -0.25) is 0 Å². The van der Waals surface area contributed by atoms with E-state index >= 15 is 0 Å². The summed E-state index contributed by atoms with van der Waals surface area (Å²) in [6.45, 7) is 0. The van der Waals surface area contributed by atoms with Gasteiger partial charge in [0, 0.05) is 5.56 Å². The lowest BCUT2D eigenvalue weighted by atomic mass is 10.1. The number of aromatic carboxylic acids is 1. The molecule has 2 aromatic rings. The Morgan fingerprint density at radius 2 is 1.82 bits per heavy atom. The lowest BCUT2D eigenvalue weighted by Gasteiger charge is -2.06. The average molecular weight is 235 g/mol. The monoisotopic (exact) mass is 235 g/mol. The first-order valence-electron chi connectivity index (χ1n) is 4.74. The van der Waals surface area contributed by atoms with Crippen LogP contribution in [0.3, 0.4) is 0 Å². The SMILES string of the molecule is O=C(O)c1ccc(F)nc1-c1ccccc1F. The van der Waals surface area contributed by atoms with Crippen LogP contribution in [0.2, 0.25) is 0 Å². The molecule has 0 saturated carbocycles. The van der Waals surface area contributed by atoms with Crippen molar-refractivity contribution in [2.45, 2.75) is 0 Å². The van der Waals surface area contributed by atoms with E-state index in [1.54, 1.807) is 0 Å². The van der Waals surface area contributed by atoms with E-state index < -0.39 is 17.7 Å². The van der Waals surface area contributed by atoms with E-state index in [9.17, 15) is 13.6 Å². The number of hydrogen-bond acceptors (Lipinski definition) is 2. The van der Waals surface area contributed by atoms with E-state index in [0.29, 0.717) is 0 Å². The van der Waals surface area contributed by atoms with Gasteiger partial charge in [-0.2, -0.15) is 4.39 Å². The molecule has 3 nitrogen and oxygen atoms in total. The summed E-state index contributed by atoms with van der Waals surface area (Å²) in [6.07, 6.45) is 0. The predicted molar refractivity (Wildman–Crippen MR) is 56.5 cm³/mol. The molecular weight excluding hydrogens is 228 g/mol. The smallest absolute Gasteiger partial charge is 0.337 e. The molecule has 0 aliphatic heterocycles. The van der Waals surface area contributed by atoms with Gasteiger partial charge < -0.3 is 5.11 Å². The zero-order chi connectivity index (χ0) is 12.4. The summed E-state index contributed by atoms with van der Waals surface area (Å²) in [7, 11) is 0. The van der Waals surface area contributed by atoms with Crippen LogP contribution in [0.1, 0.15) is 10.4 Å². The first kappa shape index (κ1) is 11.2. The molecule has 1 aromatic heterocycles. The van der Waals surface area contributed by atoms with Crippen molar-refractivity contribution in [3.05, 3.63) is 53.7 Å². The molecule has 0 aliphatic carbocycles. The number of halogens is 2. The molecule has 0 unspecified atom stereocenters. The van der Waals surface area contributed by atoms with Crippen molar-refractivity contribution >= 4 is 5.97 Å². The van der Waals surface area contributed by atoms with Crippen LogP contribution >= 0.6 is 0 Å². The number of nitrogens with zero attached hydrogens (tertiary/aromatic N) is 1. The predicted octanol–water partition coefficient (Wildman–Crippen LogP) is 2.73. The fraction of sp³-hybridized carbons (Fsp3) is 0. The van der Waals surface area contributed by atoms with Crippen LogP contribution in [-0.2, 0) is 0 Å². The molecule has 1 aromatic carbocycles. The molecule has 17 heavy (non-hydrogen) atoms. The van der Waals surface area contributed by atoms with E-state index in [-0.39, 0.29) is 16.8 Å². The zero-order valence-corrected chi connectivity index (χ0v) is 8.52. The van der Waals surface area contributed by atoms with Crippen molar-refractivity contribution in [3.63, 3.8) is 0 Å². The Bertz CT molecular complexity index is 584. The number of benzene rings is 1. The molecule has 1 N–H and O–H groups in total. The molecule has 86 valence electrons. The molecule has 0 saturated heterocycles. The Hall–Kier alpha value is -2.30. The maximum Gasteiger partial charge on any atom is 0.337 e. The van der Waals surface area contributed by atoms with Gasteiger partial charge in [0.05, 0.1) is 11.3 Å². The number of carboxylic acid groups (broad SMARTS) is 1. The first-order chi connectivity index (χ1) is 8.09. The highest BCUT2D eigenvalue weighted by molar-refractivity contribution is 5.94. The quantitative estimate of drug-likeness (QED) is 0.814. The maximum absolute atomic E-state index is 13.5. The van der Waals surface area contributed by atoms with Crippen LogP contribution in [0.4, 0.5) is 8.78 Å². The van der Waals surface area contributed by atoms with Crippen LogP contribution in [0, 0.1) is 11.8 Å². The maximum atomic E-state index is 13.5. The van der Waals surface area contributed by atoms with Crippen molar-refractivity contribution in [1.82, 2.24) is 4.98 Å². The fourth-order valence-corrected chi connectivity index (χ4v) is 1.47. The second-order valence-electron chi connectivity index (χ2n) is 3.32. The Kier molecular flexibility index (Phi) is 2.82. The van der Waals surface area contributed by atoms with Crippen LogP contribution in [0.15, 0.2) is 36.4 Å². The van der Waals surface area contributed by atoms with E-state index in [2.05, 4.69) is 4.98 Å². The first-order valence-corrected chi connectivity index (χ1v) is 4.74. The van der Waals surface area contributed by atoms with Gasteiger partial charge in [0.15, 0.2) is 0 Å². The van der Waals surface area contributed by atoms with Crippen molar-refractivity contribution in [2.24, 2.45) is 0 Å². The number of rotatable bonds is 2. The number of hydrogen-bond donors (Lipinski definition) is 1. The second kappa shape index (κ2) is 4.29. The normalized spacial score (nSPS) is 10.2. The summed E-state index contributed by atoms with van der Waals surface area (Å²) in [5, 5.41) is 8.92. The highest BCUT2D eigenvalue weighted by Gasteiger charge is 2.16. The van der Waals surface area contributed by atoms with Crippen molar-refractivity contribution in [3.8, 4) is 11.3 Å². The molecule has 0 fully saturated rings. The van der Waals surface area contributed by atoms with Crippen LogP contribution in [0.5, 0.6) is 0 Å². The molecule has 5 heteroatoms. The van der Waals surface area contributed by atoms with Gasteiger partial charge in [0.1, 0.15) is 5.82 Å². The number of aromatic nitrogens is 1. The third-order valence-corrected chi connectivity index (χ3v) is 2.22. The summed E-state index contributed by atoms with van der Waals surface area (Å²) in [5.74, 6) is -2.78. The summed E-state index contributed by atoms with van der Waals surface area (Å²) in [4.78, 5) is 14.4. The Morgan fingerprint density at radius 1 is 1.12 bits per heavy atom. The highest BCUT2D eigenvalue weighted by Crippen LogP contribution is 2.24. The molecule has 0 bridgehead atoms. The fourth-order valence-electron chi connectivity index (χ4n) is 1.47. The van der Waals surface area contributed by atoms with Gasteiger partial charge >= 0.3 is 5.97 Å². The summed E-state index contributed by atoms with van der Waals surface area (Å²) < 4.78 is 26.5. The van der Waals surface area contributed by atoms with E-state index in [4.69, 9.17) is 5.11 Å². The third kappa shape index (κ3) is 2.13. The Morgan fingerprint density at radius 3 is 2.47 bits per heavy atom. The molecule has 0 amide bonds. The molecule has 0 atom stereocenters. The van der Waals surface area contributed by atoms with Gasteiger partial charge in [0.25, 0.3) is 0 Å². The van der Waals surface area contributed by atoms with E-state index in [1.807, 2.05) is 0 Å². The number of carbonyl (C=O) groups is 1. The minimum Gasteiger partial charge on any atom is -0.478 e. The van der Waals surface area contributed by atoms with Crippen molar-refractivity contribution in [2.75, 3.05) is 0 Å². The molecule has 0 aliphatic rings. The summed E-state index contributed by atoms with van der Waals surface area (Å²) in [5.41, 5.74) is -0.489. The minimum atomic E-state index is -1.28. The Balaban J connectivity index is 2.70. The molecule has 2 rings (SSSR count). The van der Waals surface area contributed by atoms with Crippen molar-refractivity contribution < 1.29 is 18.7 Å². The van der Waals surface area contributed by atoms with E-state index in [1.165, 1.54) is 18.2 Å². The standard InChI is InChI=1S/C12H7F2NO2/c13-9-4-2-1-3-7(9)11-8(12(16)17)5-6-10(14)15-11/h1-6H,(H,16,17). The number of pyridine rings is 1. The Labute approximate surface area is 95.4 Å². The zero-order valence-electron chi connectivity index (χ0n) is 8.52. The van der Waals surface area contributed by atoms with Gasteiger partial charge in [-0.1, -0.05) is 12.1 Å². The molecule has 1 heterocycles. The van der Waals surface area contributed by atoms with Gasteiger partial charge in [-0.25, -0.2) is 14.2 Å².